The van der Waals surface area contributed by atoms with Crippen LogP contribution in [0.2, 0.25) is 0 Å². The number of carbonyl (C=O) groups excluding carboxylic acids is 1. The first kappa shape index (κ1) is 9.74. The standard InChI is InChI=1S/C10H13NO2/c11-8-4-7-10(12)13-9-5-2-1-3-6-9/h1-3,5-6H,4,7-8,11H2. The van der Waals surface area contributed by atoms with Gasteiger partial charge in [-0.2, -0.15) is 0 Å². The molecule has 0 saturated carbocycles. The predicted octanol–water partition coefficient (Wildman–Crippen LogP) is 1.33. The summed E-state index contributed by atoms with van der Waals surface area (Å²) >= 11 is 0. The highest BCUT2D eigenvalue weighted by Gasteiger charge is 2.02. The van der Waals surface area contributed by atoms with Crippen LogP contribution in [0.5, 0.6) is 5.75 Å². The fraction of sp³-hybridized carbons (Fsp3) is 0.300. The molecule has 2 N–H and O–H groups in total. The van der Waals surface area contributed by atoms with Gasteiger partial charge in [-0.25, -0.2) is 0 Å². The van der Waals surface area contributed by atoms with Crippen molar-refractivity contribution in [1.29, 1.82) is 0 Å². The van der Waals surface area contributed by atoms with E-state index in [0.717, 1.165) is 0 Å². The topological polar surface area (TPSA) is 52.3 Å². The van der Waals surface area contributed by atoms with E-state index in [1.165, 1.54) is 0 Å². The fourth-order valence-electron chi connectivity index (χ4n) is 0.917. The van der Waals surface area contributed by atoms with Crippen molar-refractivity contribution in [3.63, 3.8) is 0 Å². The lowest BCUT2D eigenvalue weighted by Crippen LogP contribution is -2.10. The van der Waals surface area contributed by atoms with Crippen molar-refractivity contribution in [2.45, 2.75) is 12.8 Å². The summed E-state index contributed by atoms with van der Waals surface area (Å²) in [6, 6.07) is 9.02. The van der Waals surface area contributed by atoms with Crippen molar-refractivity contribution in [3.05, 3.63) is 30.3 Å². The highest BCUT2D eigenvalue weighted by molar-refractivity contribution is 5.72. The Morgan fingerprint density at radius 2 is 2.00 bits per heavy atom. The molecular weight excluding hydrogens is 166 g/mol. The van der Waals surface area contributed by atoms with Crippen LogP contribution in [0.3, 0.4) is 0 Å². The molecule has 13 heavy (non-hydrogen) atoms. The Balaban J connectivity index is 2.37. The number of rotatable bonds is 4. The zero-order valence-corrected chi connectivity index (χ0v) is 7.40. The molecular formula is C10H13NO2. The maximum atomic E-state index is 11.1. The largest absolute Gasteiger partial charge is 0.427 e. The molecule has 0 aliphatic heterocycles. The van der Waals surface area contributed by atoms with E-state index in [-0.39, 0.29) is 5.97 Å². The Kier molecular flexibility index (Phi) is 3.99. The van der Waals surface area contributed by atoms with Crippen molar-refractivity contribution < 1.29 is 9.53 Å². The van der Waals surface area contributed by atoms with Crippen molar-refractivity contribution in [3.8, 4) is 5.75 Å². The second kappa shape index (κ2) is 5.32. The molecule has 1 rings (SSSR count). The van der Waals surface area contributed by atoms with Gasteiger partial charge in [-0.15, -0.1) is 0 Å². The van der Waals surface area contributed by atoms with E-state index in [1.54, 1.807) is 12.1 Å². The molecule has 3 nitrogen and oxygen atoms in total. The lowest BCUT2D eigenvalue weighted by atomic mass is 10.3. The first-order chi connectivity index (χ1) is 6.33. The first-order valence-electron chi connectivity index (χ1n) is 4.28. The molecule has 0 aliphatic rings. The number of para-hydroxylation sites is 1. The van der Waals surface area contributed by atoms with E-state index in [2.05, 4.69) is 0 Å². The van der Waals surface area contributed by atoms with Gasteiger partial charge in [-0.1, -0.05) is 18.2 Å². The van der Waals surface area contributed by atoms with Crippen LogP contribution < -0.4 is 10.5 Å². The average molecular weight is 179 g/mol. The highest BCUT2D eigenvalue weighted by atomic mass is 16.5. The average Bonchev–Trinajstić information content (AvgIpc) is 2.16. The van der Waals surface area contributed by atoms with Crippen LogP contribution in [0.4, 0.5) is 0 Å². The van der Waals surface area contributed by atoms with E-state index in [1.807, 2.05) is 18.2 Å². The molecule has 70 valence electrons. The third kappa shape index (κ3) is 3.71. The minimum absolute atomic E-state index is 0.225. The van der Waals surface area contributed by atoms with Crippen molar-refractivity contribution >= 4 is 5.97 Å². The molecule has 3 heteroatoms. The third-order valence-corrected chi connectivity index (χ3v) is 1.56. The zero-order valence-electron chi connectivity index (χ0n) is 7.40. The Morgan fingerprint density at radius 1 is 1.31 bits per heavy atom. The molecule has 0 bridgehead atoms. The van der Waals surface area contributed by atoms with E-state index in [9.17, 15) is 4.79 Å². The molecule has 1 aromatic carbocycles. The molecule has 0 aromatic heterocycles. The van der Waals surface area contributed by atoms with E-state index >= 15 is 0 Å². The normalized spacial score (nSPS) is 9.62. The van der Waals surface area contributed by atoms with E-state index < -0.39 is 0 Å². The SMILES string of the molecule is NCCCC(=O)Oc1ccccc1. The third-order valence-electron chi connectivity index (χ3n) is 1.56. The van der Waals surface area contributed by atoms with Gasteiger partial charge in [0.25, 0.3) is 0 Å². The summed E-state index contributed by atoms with van der Waals surface area (Å²) in [4.78, 5) is 11.1. The number of nitrogens with two attached hydrogens (primary N) is 1. The summed E-state index contributed by atoms with van der Waals surface area (Å²) in [7, 11) is 0. The molecule has 0 saturated heterocycles. The summed E-state index contributed by atoms with van der Waals surface area (Å²) in [6.45, 7) is 0.518. The Hall–Kier alpha value is -1.35. The maximum Gasteiger partial charge on any atom is 0.311 e. The first-order valence-corrected chi connectivity index (χ1v) is 4.28. The van der Waals surface area contributed by atoms with Crippen LogP contribution >= 0.6 is 0 Å². The van der Waals surface area contributed by atoms with Gasteiger partial charge < -0.3 is 10.5 Å². The molecule has 0 radical (unpaired) electrons. The molecule has 0 spiro atoms. The van der Waals surface area contributed by atoms with Crippen molar-refractivity contribution in [2.24, 2.45) is 5.73 Å². The Morgan fingerprint density at radius 3 is 2.62 bits per heavy atom. The monoisotopic (exact) mass is 179 g/mol. The molecule has 0 atom stereocenters. The van der Waals surface area contributed by atoms with Gasteiger partial charge >= 0.3 is 5.97 Å². The summed E-state index contributed by atoms with van der Waals surface area (Å²) in [5, 5.41) is 0. The fourth-order valence-corrected chi connectivity index (χ4v) is 0.917. The number of benzene rings is 1. The van der Waals surface area contributed by atoms with Gasteiger partial charge in [0.1, 0.15) is 5.75 Å². The van der Waals surface area contributed by atoms with Gasteiger partial charge in [0, 0.05) is 6.42 Å². The summed E-state index contributed by atoms with van der Waals surface area (Å²) in [5.41, 5.74) is 5.26. The minimum atomic E-state index is -0.225. The lowest BCUT2D eigenvalue weighted by molar-refractivity contribution is -0.134. The van der Waals surface area contributed by atoms with Gasteiger partial charge in [0.15, 0.2) is 0 Å². The molecule has 0 amide bonds. The Bertz CT molecular complexity index is 259. The van der Waals surface area contributed by atoms with Crippen LogP contribution in [0.1, 0.15) is 12.8 Å². The number of esters is 1. The molecule has 0 unspecified atom stereocenters. The van der Waals surface area contributed by atoms with Crippen molar-refractivity contribution in [2.75, 3.05) is 6.54 Å². The van der Waals surface area contributed by atoms with Crippen LogP contribution in [0, 0.1) is 0 Å². The lowest BCUT2D eigenvalue weighted by Gasteiger charge is -2.02. The number of carbonyl (C=O) groups is 1. The van der Waals surface area contributed by atoms with Gasteiger partial charge in [0.2, 0.25) is 0 Å². The van der Waals surface area contributed by atoms with E-state index in [4.69, 9.17) is 10.5 Å². The summed E-state index contributed by atoms with van der Waals surface area (Å²) in [6.07, 6.45) is 1.05. The predicted molar refractivity (Wildman–Crippen MR) is 50.4 cm³/mol. The second-order valence-corrected chi connectivity index (χ2v) is 2.68. The molecule has 0 heterocycles. The Labute approximate surface area is 77.5 Å². The van der Waals surface area contributed by atoms with E-state index in [0.29, 0.717) is 25.1 Å². The van der Waals surface area contributed by atoms with Crippen molar-refractivity contribution in [1.82, 2.24) is 0 Å². The van der Waals surface area contributed by atoms with Crippen LogP contribution in [-0.4, -0.2) is 12.5 Å². The smallest absolute Gasteiger partial charge is 0.311 e. The van der Waals surface area contributed by atoms with Crippen LogP contribution in [0.25, 0.3) is 0 Å². The minimum Gasteiger partial charge on any atom is -0.427 e. The van der Waals surface area contributed by atoms with Crippen LogP contribution in [0.15, 0.2) is 30.3 Å². The number of hydrogen-bond donors (Lipinski definition) is 1. The number of hydrogen-bond acceptors (Lipinski definition) is 3. The zero-order chi connectivity index (χ0) is 9.52. The van der Waals surface area contributed by atoms with Gasteiger partial charge in [-0.05, 0) is 25.1 Å². The number of ether oxygens (including phenoxy) is 1. The highest BCUT2D eigenvalue weighted by Crippen LogP contribution is 2.09. The quantitative estimate of drug-likeness (QED) is 0.560. The molecule has 1 aromatic rings. The molecule has 0 aliphatic carbocycles. The summed E-state index contributed by atoms with van der Waals surface area (Å²) < 4.78 is 5.02. The second-order valence-electron chi connectivity index (χ2n) is 2.68. The molecule has 0 fully saturated rings. The maximum absolute atomic E-state index is 11.1. The summed E-state index contributed by atoms with van der Waals surface area (Å²) in [5.74, 6) is 0.362. The van der Waals surface area contributed by atoms with Gasteiger partial charge in [0.05, 0.1) is 0 Å². The van der Waals surface area contributed by atoms with Crippen LogP contribution in [-0.2, 0) is 4.79 Å². The van der Waals surface area contributed by atoms with Gasteiger partial charge in [-0.3, -0.25) is 4.79 Å².